The largest absolute Gasteiger partial charge is 0.497 e. The number of carbonyl (C=O) groups is 2. The molecule has 0 aliphatic carbocycles. The molecule has 2 amide bonds. The van der Waals surface area contributed by atoms with Crippen molar-refractivity contribution in [3.63, 3.8) is 0 Å². The predicted molar refractivity (Wildman–Crippen MR) is 102 cm³/mol. The third kappa shape index (κ3) is 4.85. The molecule has 27 heavy (non-hydrogen) atoms. The van der Waals surface area contributed by atoms with Gasteiger partial charge in [0.15, 0.2) is 0 Å². The zero-order chi connectivity index (χ0) is 19.1. The van der Waals surface area contributed by atoms with Gasteiger partial charge in [-0.15, -0.1) is 0 Å². The molecule has 0 fully saturated rings. The maximum atomic E-state index is 12.7. The van der Waals surface area contributed by atoms with Crippen molar-refractivity contribution in [2.75, 3.05) is 12.4 Å². The Kier molecular flexibility index (Phi) is 5.69. The molecule has 6 nitrogen and oxygen atoms in total. The van der Waals surface area contributed by atoms with Gasteiger partial charge in [-0.05, 0) is 36.4 Å². The van der Waals surface area contributed by atoms with Crippen LogP contribution in [0.5, 0.6) is 5.75 Å². The molecule has 0 aliphatic heterocycles. The van der Waals surface area contributed by atoms with Crippen molar-refractivity contribution in [1.82, 2.24) is 5.32 Å². The normalized spacial score (nSPS) is 10.9. The van der Waals surface area contributed by atoms with Crippen LogP contribution in [0, 0.1) is 0 Å². The van der Waals surface area contributed by atoms with E-state index in [0.717, 1.165) is 0 Å². The van der Waals surface area contributed by atoms with E-state index in [-0.39, 0.29) is 5.70 Å². The van der Waals surface area contributed by atoms with Crippen LogP contribution in [0.2, 0.25) is 0 Å². The van der Waals surface area contributed by atoms with Gasteiger partial charge in [0.2, 0.25) is 0 Å². The highest BCUT2D eigenvalue weighted by molar-refractivity contribution is 6.10. The summed E-state index contributed by atoms with van der Waals surface area (Å²) in [4.78, 5) is 25.2. The summed E-state index contributed by atoms with van der Waals surface area (Å²) in [6.45, 7) is 0. The summed E-state index contributed by atoms with van der Waals surface area (Å²) in [7, 11) is 1.54. The van der Waals surface area contributed by atoms with E-state index in [9.17, 15) is 9.59 Å². The van der Waals surface area contributed by atoms with Gasteiger partial charge < -0.3 is 19.8 Å². The lowest BCUT2D eigenvalue weighted by Crippen LogP contribution is -2.30. The lowest BCUT2D eigenvalue weighted by atomic mass is 10.2. The summed E-state index contributed by atoms with van der Waals surface area (Å²) in [5.74, 6) is 0.176. The van der Waals surface area contributed by atoms with Crippen molar-refractivity contribution in [1.29, 1.82) is 0 Å². The second kappa shape index (κ2) is 8.53. The van der Waals surface area contributed by atoms with E-state index in [1.165, 1.54) is 12.3 Å². The Morgan fingerprint density at radius 1 is 1.00 bits per heavy atom. The van der Waals surface area contributed by atoms with Crippen LogP contribution in [0.4, 0.5) is 5.69 Å². The summed E-state index contributed by atoms with van der Waals surface area (Å²) >= 11 is 0. The second-order valence-electron chi connectivity index (χ2n) is 5.58. The number of methoxy groups -OCH3 is 1. The van der Waals surface area contributed by atoms with Gasteiger partial charge in [-0.25, -0.2) is 0 Å². The topological polar surface area (TPSA) is 80.6 Å². The highest BCUT2D eigenvalue weighted by Crippen LogP contribution is 2.18. The van der Waals surface area contributed by atoms with E-state index in [0.29, 0.717) is 22.8 Å². The van der Waals surface area contributed by atoms with Crippen LogP contribution in [-0.4, -0.2) is 18.9 Å². The minimum Gasteiger partial charge on any atom is -0.497 e. The quantitative estimate of drug-likeness (QED) is 0.655. The van der Waals surface area contributed by atoms with E-state index < -0.39 is 11.8 Å². The summed E-state index contributed by atoms with van der Waals surface area (Å²) in [5.41, 5.74) is 1.04. The lowest BCUT2D eigenvalue weighted by Gasteiger charge is -2.11. The molecule has 0 unspecified atom stereocenters. The first-order valence-corrected chi connectivity index (χ1v) is 8.23. The molecule has 0 bridgehead atoms. The molecule has 0 saturated carbocycles. The van der Waals surface area contributed by atoms with Gasteiger partial charge in [-0.2, -0.15) is 0 Å². The van der Waals surface area contributed by atoms with E-state index in [1.807, 2.05) is 6.07 Å². The summed E-state index contributed by atoms with van der Waals surface area (Å²) in [6, 6.07) is 19.0. The molecule has 1 aromatic heterocycles. The molecular weight excluding hydrogens is 344 g/mol. The number of benzene rings is 2. The van der Waals surface area contributed by atoms with E-state index in [2.05, 4.69) is 10.6 Å². The molecule has 6 heteroatoms. The third-order valence-corrected chi connectivity index (χ3v) is 3.69. The van der Waals surface area contributed by atoms with Crippen LogP contribution in [0.25, 0.3) is 6.08 Å². The number of ether oxygens (including phenoxy) is 1. The van der Waals surface area contributed by atoms with Crippen molar-refractivity contribution >= 4 is 23.6 Å². The monoisotopic (exact) mass is 362 g/mol. The molecule has 136 valence electrons. The Bertz CT molecular complexity index is 947. The lowest BCUT2D eigenvalue weighted by molar-refractivity contribution is -0.113. The van der Waals surface area contributed by atoms with Gasteiger partial charge in [0.25, 0.3) is 11.8 Å². The molecule has 3 rings (SSSR count). The van der Waals surface area contributed by atoms with Crippen molar-refractivity contribution in [3.8, 4) is 5.75 Å². The van der Waals surface area contributed by atoms with Crippen LogP contribution in [0.15, 0.2) is 83.1 Å². The first-order chi connectivity index (χ1) is 13.2. The van der Waals surface area contributed by atoms with Gasteiger partial charge in [0, 0.05) is 23.4 Å². The average Bonchev–Trinajstić information content (AvgIpc) is 3.21. The fourth-order valence-electron chi connectivity index (χ4n) is 2.36. The summed E-state index contributed by atoms with van der Waals surface area (Å²) < 4.78 is 10.4. The highest BCUT2D eigenvalue weighted by atomic mass is 16.5. The Morgan fingerprint density at radius 3 is 2.52 bits per heavy atom. The molecule has 0 aliphatic rings. The van der Waals surface area contributed by atoms with Gasteiger partial charge in [0.05, 0.1) is 13.4 Å². The van der Waals surface area contributed by atoms with Crippen LogP contribution in [0.3, 0.4) is 0 Å². The third-order valence-electron chi connectivity index (χ3n) is 3.69. The molecular formula is C21H18N2O4. The van der Waals surface area contributed by atoms with Crippen LogP contribution < -0.4 is 15.4 Å². The van der Waals surface area contributed by atoms with Crippen molar-refractivity contribution in [2.45, 2.75) is 0 Å². The molecule has 3 aromatic rings. The van der Waals surface area contributed by atoms with E-state index in [1.54, 1.807) is 67.8 Å². The predicted octanol–water partition coefficient (Wildman–Crippen LogP) is 3.70. The smallest absolute Gasteiger partial charge is 0.272 e. The Hall–Kier alpha value is -3.80. The minimum absolute atomic E-state index is 0.0571. The maximum Gasteiger partial charge on any atom is 0.272 e. The second-order valence-corrected chi connectivity index (χ2v) is 5.58. The van der Waals surface area contributed by atoms with Crippen molar-refractivity contribution in [2.24, 2.45) is 0 Å². The molecule has 0 spiro atoms. The summed E-state index contributed by atoms with van der Waals surface area (Å²) in [6.07, 6.45) is 2.96. The van der Waals surface area contributed by atoms with E-state index in [4.69, 9.17) is 9.15 Å². The zero-order valence-corrected chi connectivity index (χ0v) is 14.6. The number of furan rings is 1. The SMILES string of the molecule is COc1cccc(NC(=O)/C(=C/c2ccco2)NC(=O)c2ccccc2)c1. The van der Waals surface area contributed by atoms with Crippen molar-refractivity contribution < 1.29 is 18.7 Å². The van der Waals surface area contributed by atoms with Gasteiger partial charge >= 0.3 is 0 Å². The molecule has 0 atom stereocenters. The number of nitrogens with one attached hydrogen (secondary N) is 2. The van der Waals surface area contributed by atoms with Gasteiger partial charge in [-0.1, -0.05) is 24.3 Å². The molecule has 0 radical (unpaired) electrons. The molecule has 1 heterocycles. The van der Waals surface area contributed by atoms with Crippen LogP contribution >= 0.6 is 0 Å². The molecule has 0 saturated heterocycles. The van der Waals surface area contributed by atoms with Crippen LogP contribution in [0.1, 0.15) is 16.1 Å². The fourth-order valence-corrected chi connectivity index (χ4v) is 2.36. The van der Waals surface area contributed by atoms with Crippen molar-refractivity contribution in [3.05, 3.63) is 90.0 Å². The first kappa shape index (κ1) is 18.0. The summed E-state index contributed by atoms with van der Waals surface area (Å²) in [5, 5.41) is 5.38. The Morgan fingerprint density at radius 2 is 1.81 bits per heavy atom. The number of rotatable bonds is 6. The fraction of sp³-hybridized carbons (Fsp3) is 0.0476. The first-order valence-electron chi connectivity index (χ1n) is 8.23. The maximum absolute atomic E-state index is 12.7. The van der Waals surface area contributed by atoms with Crippen LogP contribution in [-0.2, 0) is 4.79 Å². The highest BCUT2D eigenvalue weighted by Gasteiger charge is 2.15. The zero-order valence-electron chi connectivity index (χ0n) is 14.6. The van der Waals surface area contributed by atoms with Gasteiger partial charge in [0.1, 0.15) is 17.2 Å². The molecule has 2 N–H and O–H groups in total. The Balaban J connectivity index is 1.83. The number of carbonyl (C=O) groups excluding carboxylic acids is 2. The number of hydrogen-bond donors (Lipinski definition) is 2. The molecule has 2 aromatic carbocycles. The minimum atomic E-state index is -0.482. The number of anilines is 1. The number of hydrogen-bond acceptors (Lipinski definition) is 4. The van der Waals surface area contributed by atoms with Gasteiger partial charge in [-0.3, -0.25) is 9.59 Å². The Labute approximate surface area is 156 Å². The standard InChI is InChI=1S/C21H18N2O4/c1-26-17-10-5-9-16(13-17)22-21(25)19(14-18-11-6-12-27-18)23-20(24)15-7-3-2-4-8-15/h2-14H,1H3,(H,22,25)(H,23,24)/b19-14-. The number of amides is 2. The van der Waals surface area contributed by atoms with E-state index >= 15 is 0 Å². The average molecular weight is 362 g/mol.